The van der Waals surface area contributed by atoms with Crippen molar-refractivity contribution in [3.63, 3.8) is 0 Å². The fraction of sp³-hybridized carbons (Fsp3) is 0.222. The van der Waals surface area contributed by atoms with Gasteiger partial charge in [0.05, 0.1) is 21.3 Å². The number of aromatic nitrogens is 2. The summed E-state index contributed by atoms with van der Waals surface area (Å²) >= 11 is 1.30. The SMILES string of the molecule is COc1cc(OC)cc(-c2nnc(SCc3cc(F)ccc3OC)o2)c1. The van der Waals surface area contributed by atoms with Crippen LogP contribution in [-0.2, 0) is 5.75 Å². The number of nitrogens with zero attached hydrogens (tertiary/aromatic N) is 2. The Morgan fingerprint density at radius 3 is 2.35 bits per heavy atom. The van der Waals surface area contributed by atoms with Crippen LogP contribution < -0.4 is 14.2 Å². The van der Waals surface area contributed by atoms with Gasteiger partial charge in [0.2, 0.25) is 5.89 Å². The van der Waals surface area contributed by atoms with E-state index in [1.165, 1.54) is 23.9 Å². The minimum atomic E-state index is -0.323. The summed E-state index contributed by atoms with van der Waals surface area (Å²) in [5.41, 5.74) is 1.39. The van der Waals surface area contributed by atoms with Crippen LogP contribution in [0.4, 0.5) is 4.39 Å². The van der Waals surface area contributed by atoms with Crippen LogP contribution in [0.3, 0.4) is 0 Å². The van der Waals surface area contributed by atoms with Gasteiger partial charge in [0.25, 0.3) is 5.22 Å². The van der Waals surface area contributed by atoms with Gasteiger partial charge in [-0.15, -0.1) is 10.2 Å². The summed E-state index contributed by atoms with van der Waals surface area (Å²) in [4.78, 5) is 0. The monoisotopic (exact) mass is 376 g/mol. The molecule has 2 aromatic carbocycles. The van der Waals surface area contributed by atoms with Crippen molar-refractivity contribution in [3.8, 4) is 28.7 Å². The van der Waals surface area contributed by atoms with Gasteiger partial charge in [-0.3, -0.25) is 0 Å². The van der Waals surface area contributed by atoms with Gasteiger partial charge >= 0.3 is 0 Å². The lowest BCUT2D eigenvalue weighted by Gasteiger charge is -2.07. The third kappa shape index (κ3) is 4.08. The summed E-state index contributed by atoms with van der Waals surface area (Å²) in [5.74, 6) is 2.31. The number of hydrogen-bond acceptors (Lipinski definition) is 7. The van der Waals surface area contributed by atoms with Crippen molar-refractivity contribution in [2.45, 2.75) is 11.0 Å². The van der Waals surface area contributed by atoms with E-state index in [1.807, 2.05) is 0 Å². The standard InChI is InChI=1S/C18H17FN2O4S/c1-22-14-7-11(8-15(9-14)23-2)17-20-21-18(25-17)26-10-12-6-13(19)4-5-16(12)24-3/h4-9H,10H2,1-3H3. The average Bonchev–Trinajstić information content (AvgIpc) is 3.15. The number of ether oxygens (including phenoxy) is 3. The Morgan fingerprint density at radius 1 is 0.962 bits per heavy atom. The van der Waals surface area contributed by atoms with Crippen LogP contribution in [0.25, 0.3) is 11.5 Å². The van der Waals surface area contributed by atoms with Crippen molar-refractivity contribution in [1.29, 1.82) is 0 Å². The van der Waals surface area contributed by atoms with Gasteiger partial charge < -0.3 is 18.6 Å². The maximum atomic E-state index is 13.4. The maximum absolute atomic E-state index is 13.4. The molecule has 0 aliphatic rings. The number of rotatable bonds is 7. The molecule has 0 saturated heterocycles. The number of thioether (sulfide) groups is 1. The molecule has 26 heavy (non-hydrogen) atoms. The topological polar surface area (TPSA) is 66.6 Å². The summed E-state index contributed by atoms with van der Waals surface area (Å²) in [6, 6.07) is 9.68. The third-order valence-corrected chi connectivity index (χ3v) is 4.47. The van der Waals surface area contributed by atoms with E-state index < -0.39 is 0 Å². The van der Waals surface area contributed by atoms with Crippen LogP contribution in [0, 0.1) is 5.82 Å². The number of hydrogen-bond donors (Lipinski definition) is 0. The molecule has 3 aromatic rings. The zero-order chi connectivity index (χ0) is 18.5. The highest BCUT2D eigenvalue weighted by Gasteiger charge is 2.13. The Labute approximate surface area is 154 Å². The highest BCUT2D eigenvalue weighted by molar-refractivity contribution is 7.98. The lowest BCUT2D eigenvalue weighted by Crippen LogP contribution is -1.91. The number of methoxy groups -OCH3 is 3. The van der Waals surface area contributed by atoms with E-state index in [0.29, 0.717) is 45.2 Å². The van der Waals surface area contributed by atoms with Crippen LogP contribution in [0.2, 0.25) is 0 Å². The van der Waals surface area contributed by atoms with Gasteiger partial charge in [-0.05, 0) is 30.3 Å². The minimum Gasteiger partial charge on any atom is -0.497 e. The predicted octanol–water partition coefficient (Wildman–Crippen LogP) is 4.19. The van der Waals surface area contributed by atoms with Crippen molar-refractivity contribution < 1.29 is 23.0 Å². The zero-order valence-corrected chi connectivity index (χ0v) is 15.3. The lowest BCUT2D eigenvalue weighted by atomic mass is 10.2. The summed E-state index contributed by atoms with van der Waals surface area (Å²) in [6.45, 7) is 0. The van der Waals surface area contributed by atoms with Crippen LogP contribution in [0.1, 0.15) is 5.56 Å². The Hall–Kier alpha value is -2.74. The molecule has 0 atom stereocenters. The molecule has 0 radical (unpaired) electrons. The Bertz CT molecular complexity index is 878. The number of benzene rings is 2. The summed E-state index contributed by atoms with van der Waals surface area (Å²) < 4.78 is 34.9. The molecule has 136 valence electrons. The largest absolute Gasteiger partial charge is 0.497 e. The first-order valence-corrected chi connectivity index (χ1v) is 8.63. The van der Waals surface area contributed by atoms with E-state index in [4.69, 9.17) is 18.6 Å². The second-order valence-corrected chi connectivity index (χ2v) is 6.15. The van der Waals surface area contributed by atoms with Crippen molar-refractivity contribution in [2.24, 2.45) is 0 Å². The molecule has 0 saturated carbocycles. The first kappa shape index (κ1) is 18.1. The van der Waals surface area contributed by atoms with Gasteiger partial charge in [-0.25, -0.2) is 4.39 Å². The zero-order valence-electron chi connectivity index (χ0n) is 14.5. The molecule has 8 heteroatoms. The maximum Gasteiger partial charge on any atom is 0.277 e. The number of halogens is 1. The van der Waals surface area contributed by atoms with Gasteiger partial charge in [0, 0.05) is 22.9 Å². The van der Waals surface area contributed by atoms with Crippen molar-refractivity contribution >= 4 is 11.8 Å². The fourth-order valence-electron chi connectivity index (χ4n) is 2.32. The van der Waals surface area contributed by atoms with E-state index in [1.54, 1.807) is 45.6 Å². The molecule has 0 aliphatic heterocycles. The van der Waals surface area contributed by atoms with Crippen LogP contribution in [0.5, 0.6) is 17.2 Å². The van der Waals surface area contributed by atoms with Gasteiger partial charge in [-0.2, -0.15) is 0 Å². The first-order valence-electron chi connectivity index (χ1n) is 7.65. The fourth-order valence-corrected chi connectivity index (χ4v) is 3.06. The Kier molecular flexibility index (Phi) is 5.62. The average molecular weight is 376 g/mol. The van der Waals surface area contributed by atoms with Crippen molar-refractivity contribution in [3.05, 3.63) is 47.8 Å². The van der Waals surface area contributed by atoms with E-state index in [-0.39, 0.29) is 5.82 Å². The van der Waals surface area contributed by atoms with Crippen LogP contribution in [-0.4, -0.2) is 31.5 Å². The molecular weight excluding hydrogens is 359 g/mol. The summed E-state index contributed by atoms with van der Waals surface area (Å²) in [5, 5.41) is 8.45. The van der Waals surface area contributed by atoms with E-state index in [9.17, 15) is 4.39 Å². The molecule has 0 amide bonds. The van der Waals surface area contributed by atoms with Crippen molar-refractivity contribution in [1.82, 2.24) is 10.2 Å². The Balaban J connectivity index is 1.78. The summed E-state index contributed by atoms with van der Waals surface area (Å²) in [7, 11) is 4.68. The molecule has 0 N–H and O–H groups in total. The second-order valence-electron chi connectivity index (χ2n) is 5.22. The van der Waals surface area contributed by atoms with Gasteiger partial charge in [-0.1, -0.05) is 11.8 Å². The molecule has 0 fully saturated rings. The smallest absolute Gasteiger partial charge is 0.277 e. The Morgan fingerprint density at radius 2 is 1.69 bits per heavy atom. The quantitative estimate of drug-likeness (QED) is 0.573. The summed E-state index contributed by atoms with van der Waals surface area (Å²) in [6.07, 6.45) is 0. The van der Waals surface area contributed by atoms with Gasteiger partial charge in [0.1, 0.15) is 23.1 Å². The highest BCUT2D eigenvalue weighted by Crippen LogP contribution is 2.32. The normalized spacial score (nSPS) is 10.6. The molecular formula is C18H17FN2O4S. The molecule has 0 unspecified atom stereocenters. The second kappa shape index (κ2) is 8.09. The minimum absolute atomic E-state index is 0.323. The predicted molar refractivity (Wildman–Crippen MR) is 95.4 cm³/mol. The molecule has 6 nitrogen and oxygen atoms in total. The lowest BCUT2D eigenvalue weighted by molar-refractivity contribution is 0.394. The molecule has 0 spiro atoms. The van der Waals surface area contributed by atoms with Crippen molar-refractivity contribution in [2.75, 3.05) is 21.3 Å². The van der Waals surface area contributed by atoms with E-state index >= 15 is 0 Å². The molecule has 0 aliphatic carbocycles. The van der Waals surface area contributed by atoms with Crippen LogP contribution in [0.15, 0.2) is 46.0 Å². The van der Waals surface area contributed by atoms with Gasteiger partial charge in [0.15, 0.2) is 0 Å². The highest BCUT2D eigenvalue weighted by atomic mass is 32.2. The van der Waals surface area contributed by atoms with Crippen LogP contribution >= 0.6 is 11.8 Å². The van der Waals surface area contributed by atoms with E-state index in [0.717, 1.165) is 0 Å². The molecule has 3 rings (SSSR count). The third-order valence-electron chi connectivity index (χ3n) is 3.60. The molecule has 1 aromatic heterocycles. The first-order chi connectivity index (χ1) is 12.6. The van der Waals surface area contributed by atoms with E-state index in [2.05, 4.69) is 10.2 Å². The molecule has 1 heterocycles. The molecule has 0 bridgehead atoms.